The second-order valence-corrected chi connectivity index (χ2v) is 3.00. The van der Waals surface area contributed by atoms with Crippen LogP contribution in [-0.4, -0.2) is 19.4 Å². The third kappa shape index (κ3) is 0.394. The topological polar surface area (TPSA) is 43.4 Å². The first-order valence-corrected chi connectivity index (χ1v) is 3.31. The van der Waals surface area contributed by atoms with Gasteiger partial charge in [-0.05, 0) is 12.3 Å². The zero-order chi connectivity index (χ0) is 7.35. The van der Waals surface area contributed by atoms with Crippen LogP contribution >= 0.6 is 0 Å². The molecule has 0 saturated heterocycles. The number of ether oxygens (including phenoxy) is 1. The largest absolute Gasteiger partial charge is 0.469 e. The van der Waals surface area contributed by atoms with E-state index in [2.05, 4.69) is 4.74 Å². The van der Waals surface area contributed by atoms with Gasteiger partial charge < -0.3 is 9.53 Å². The van der Waals surface area contributed by atoms with E-state index in [-0.39, 0.29) is 17.3 Å². The third-order valence-electron chi connectivity index (χ3n) is 2.69. The molecule has 0 aromatic carbocycles. The summed E-state index contributed by atoms with van der Waals surface area (Å²) in [6, 6.07) is 0. The Balaban J connectivity index is 2.08. The molecule has 3 unspecified atom stereocenters. The van der Waals surface area contributed by atoms with Gasteiger partial charge in [0, 0.05) is 5.92 Å². The molecule has 0 bridgehead atoms. The minimum absolute atomic E-state index is 0.0139. The smallest absolute Gasteiger partial charge is 0.312 e. The zero-order valence-corrected chi connectivity index (χ0v) is 5.66. The van der Waals surface area contributed by atoms with E-state index in [4.69, 9.17) is 0 Å². The molecule has 54 valence electrons. The van der Waals surface area contributed by atoms with Gasteiger partial charge in [0.1, 0.15) is 6.29 Å². The predicted molar refractivity (Wildman–Crippen MR) is 32.1 cm³/mol. The second kappa shape index (κ2) is 1.41. The summed E-state index contributed by atoms with van der Waals surface area (Å²) in [5.41, 5.74) is -0.337. The van der Waals surface area contributed by atoms with Crippen molar-refractivity contribution in [2.45, 2.75) is 6.42 Å². The molecule has 2 rings (SSSR count). The van der Waals surface area contributed by atoms with Crippen LogP contribution in [0.25, 0.3) is 0 Å². The van der Waals surface area contributed by atoms with Crippen molar-refractivity contribution < 1.29 is 14.3 Å². The minimum atomic E-state index is -0.337. The van der Waals surface area contributed by atoms with Crippen molar-refractivity contribution in [3.8, 4) is 0 Å². The molecule has 2 aliphatic carbocycles. The number of rotatable bonds is 2. The summed E-state index contributed by atoms with van der Waals surface area (Å²) in [4.78, 5) is 21.2. The van der Waals surface area contributed by atoms with E-state index >= 15 is 0 Å². The van der Waals surface area contributed by atoms with Crippen LogP contribution in [-0.2, 0) is 14.3 Å². The highest BCUT2D eigenvalue weighted by Crippen LogP contribution is 2.79. The molecule has 0 radical (unpaired) electrons. The lowest BCUT2D eigenvalue weighted by Gasteiger charge is -2.02. The highest BCUT2D eigenvalue weighted by atomic mass is 16.5. The molecule has 3 atom stereocenters. The lowest BCUT2D eigenvalue weighted by atomic mass is 10.1. The minimum Gasteiger partial charge on any atom is -0.469 e. The highest BCUT2D eigenvalue weighted by Gasteiger charge is 2.84. The number of fused-ring (bicyclic) bond motifs is 1. The lowest BCUT2D eigenvalue weighted by molar-refractivity contribution is -0.146. The fourth-order valence-corrected chi connectivity index (χ4v) is 1.74. The van der Waals surface area contributed by atoms with E-state index in [0.717, 1.165) is 12.7 Å². The summed E-state index contributed by atoms with van der Waals surface area (Å²) in [6.07, 6.45) is 1.73. The van der Waals surface area contributed by atoms with Crippen LogP contribution in [0.2, 0.25) is 0 Å². The Morgan fingerprint density at radius 3 is 2.80 bits per heavy atom. The Bertz CT molecular complexity index is 211. The molecule has 2 saturated carbocycles. The quantitative estimate of drug-likeness (QED) is 0.400. The number of hydrogen-bond acceptors (Lipinski definition) is 3. The molecule has 2 fully saturated rings. The maximum absolute atomic E-state index is 10.9. The van der Waals surface area contributed by atoms with Gasteiger partial charge in [-0.15, -0.1) is 0 Å². The molecule has 2 aliphatic rings. The van der Waals surface area contributed by atoms with Gasteiger partial charge in [0.2, 0.25) is 0 Å². The van der Waals surface area contributed by atoms with Gasteiger partial charge in [0.25, 0.3) is 0 Å². The van der Waals surface area contributed by atoms with Gasteiger partial charge in [-0.3, -0.25) is 4.79 Å². The molecule has 3 heteroatoms. The first kappa shape index (κ1) is 5.89. The molecule has 0 N–H and O–H groups in total. The number of carbonyl (C=O) groups is 2. The van der Waals surface area contributed by atoms with E-state index < -0.39 is 0 Å². The number of methoxy groups -OCH3 is 1. The van der Waals surface area contributed by atoms with Crippen LogP contribution in [0, 0.1) is 17.3 Å². The second-order valence-electron chi connectivity index (χ2n) is 3.00. The Morgan fingerprint density at radius 1 is 1.80 bits per heavy atom. The first-order valence-electron chi connectivity index (χ1n) is 3.31. The Hall–Kier alpha value is -0.860. The molecular formula is C7H8O3. The van der Waals surface area contributed by atoms with E-state index in [1.54, 1.807) is 0 Å². The average molecular weight is 140 g/mol. The van der Waals surface area contributed by atoms with Crippen molar-refractivity contribution in [3.05, 3.63) is 0 Å². The standard InChI is InChI=1S/C7H8O3/c1-10-6(9)7-2-4(7)5(7)3-8/h3-5H,2H2,1H3. The summed E-state index contributed by atoms with van der Waals surface area (Å²) in [6.45, 7) is 0. The van der Waals surface area contributed by atoms with Crippen LogP contribution in [0.3, 0.4) is 0 Å². The molecule has 10 heavy (non-hydrogen) atoms. The van der Waals surface area contributed by atoms with E-state index in [9.17, 15) is 9.59 Å². The number of esters is 1. The van der Waals surface area contributed by atoms with Crippen LogP contribution < -0.4 is 0 Å². The van der Waals surface area contributed by atoms with Crippen molar-refractivity contribution in [1.29, 1.82) is 0 Å². The Morgan fingerprint density at radius 2 is 2.50 bits per heavy atom. The maximum atomic E-state index is 10.9. The molecule has 0 spiro atoms. The summed E-state index contributed by atoms with van der Waals surface area (Å²) in [5, 5.41) is 0. The molecule has 0 amide bonds. The summed E-state index contributed by atoms with van der Waals surface area (Å²) >= 11 is 0. The van der Waals surface area contributed by atoms with Crippen LogP contribution in [0.4, 0.5) is 0 Å². The maximum Gasteiger partial charge on any atom is 0.312 e. The summed E-state index contributed by atoms with van der Waals surface area (Å²) in [7, 11) is 1.37. The third-order valence-corrected chi connectivity index (χ3v) is 2.69. The fraction of sp³-hybridized carbons (Fsp3) is 0.714. The van der Waals surface area contributed by atoms with Crippen molar-refractivity contribution >= 4 is 12.3 Å². The first-order chi connectivity index (χ1) is 4.77. The molecule has 0 aromatic heterocycles. The number of carbonyl (C=O) groups excluding carboxylic acids is 2. The van der Waals surface area contributed by atoms with Crippen molar-refractivity contribution in [2.24, 2.45) is 17.3 Å². The van der Waals surface area contributed by atoms with Gasteiger partial charge in [0.15, 0.2) is 0 Å². The summed E-state index contributed by atoms with van der Waals surface area (Å²) < 4.78 is 4.55. The van der Waals surface area contributed by atoms with Gasteiger partial charge >= 0.3 is 5.97 Å². The summed E-state index contributed by atoms with van der Waals surface area (Å²) in [5.74, 6) is 0.118. The van der Waals surface area contributed by atoms with Crippen molar-refractivity contribution in [1.82, 2.24) is 0 Å². The van der Waals surface area contributed by atoms with Crippen LogP contribution in [0.1, 0.15) is 6.42 Å². The van der Waals surface area contributed by atoms with Crippen LogP contribution in [0.15, 0.2) is 0 Å². The van der Waals surface area contributed by atoms with Gasteiger partial charge in [-0.25, -0.2) is 0 Å². The molecule has 0 aromatic rings. The van der Waals surface area contributed by atoms with Crippen molar-refractivity contribution in [2.75, 3.05) is 7.11 Å². The van der Waals surface area contributed by atoms with Crippen molar-refractivity contribution in [3.63, 3.8) is 0 Å². The zero-order valence-electron chi connectivity index (χ0n) is 5.66. The van der Waals surface area contributed by atoms with E-state index in [0.29, 0.717) is 5.92 Å². The normalized spacial score (nSPS) is 47.3. The molecular weight excluding hydrogens is 132 g/mol. The molecule has 0 aliphatic heterocycles. The Kier molecular flexibility index (Phi) is 0.832. The van der Waals surface area contributed by atoms with Gasteiger partial charge in [-0.2, -0.15) is 0 Å². The fourth-order valence-electron chi connectivity index (χ4n) is 1.74. The molecule has 0 heterocycles. The SMILES string of the molecule is COC(=O)C12CC1C2C=O. The van der Waals surface area contributed by atoms with Crippen LogP contribution in [0.5, 0.6) is 0 Å². The number of aldehydes is 1. The van der Waals surface area contributed by atoms with E-state index in [1.165, 1.54) is 7.11 Å². The van der Waals surface area contributed by atoms with Gasteiger partial charge in [-0.1, -0.05) is 0 Å². The lowest BCUT2D eigenvalue weighted by Crippen LogP contribution is -2.14. The Labute approximate surface area is 58.4 Å². The monoisotopic (exact) mass is 140 g/mol. The predicted octanol–water partition coefficient (Wildman–Crippen LogP) is -0.00560. The average Bonchev–Trinajstić information content (AvgIpc) is 2.73. The number of hydrogen-bond donors (Lipinski definition) is 0. The molecule has 3 nitrogen and oxygen atoms in total. The van der Waals surface area contributed by atoms with Gasteiger partial charge in [0.05, 0.1) is 12.5 Å². The van der Waals surface area contributed by atoms with E-state index in [1.807, 2.05) is 0 Å². The highest BCUT2D eigenvalue weighted by molar-refractivity contribution is 5.92.